The monoisotopic (exact) mass is 422 g/mol. The van der Waals surface area contributed by atoms with E-state index in [-0.39, 0.29) is 17.2 Å². The summed E-state index contributed by atoms with van der Waals surface area (Å²) in [6, 6.07) is 11.4. The number of ether oxygens (including phenoxy) is 1. The van der Waals surface area contributed by atoms with Crippen LogP contribution in [0.3, 0.4) is 0 Å². The molecule has 0 spiro atoms. The molecule has 1 N–H and O–H groups in total. The maximum Gasteiger partial charge on any atom is 0.329 e. The summed E-state index contributed by atoms with van der Waals surface area (Å²) in [6.45, 7) is 6.63. The van der Waals surface area contributed by atoms with Crippen molar-refractivity contribution in [2.24, 2.45) is 0 Å². The molecule has 0 saturated carbocycles. The third-order valence-corrected chi connectivity index (χ3v) is 5.41. The molecule has 0 aliphatic carbocycles. The lowest BCUT2D eigenvalue weighted by Gasteiger charge is -2.21. The first-order valence-electron chi connectivity index (χ1n) is 10.3. The highest BCUT2D eigenvalue weighted by Gasteiger charge is 2.41. The fraction of sp³-hybridized carbons (Fsp3) is 0.333. The van der Waals surface area contributed by atoms with Crippen LogP contribution in [0.4, 0.5) is 0 Å². The van der Waals surface area contributed by atoms with E-state index in [9.17, 15) is 19.2 Å². The van der Waals surface area contributed by atoms with E-state index < -0.39 is 36.3 Å². The van der Waals surface area contributed by atoms with Crippen molar-refractivity contribution in [1.82, 2.24) is 10.2 Å². The second-order valence-electron chi connectivity index (χ2n) is 7.70. The Hall–Kier alpha value is -3.48. The minimum Gasteiger partial charge on any atom is -0.454 e. The Balaban J connectivity index is 1.56. The van der Waals surface area contributed by atoms with Crippen molar-refractivity contribution in [3.05, 3.63) is 70.3 Å². The molecule has 3 amide bonds. The molecule has 162 valence electrons. The summed E-state index contributed by atoms with van der Waals surface area (Å²) in [7, 11) is 0. The molecule has 0 aromatic heterocycles. The molecule has 1 heterocycles. The highest BCUT2D eigenvalue weighted by molar-refractivity contribution is 6.22. The van der Waals surface area contributed by atoms with Crippen molar-refractivity contribution in [3.8, 4) is 0 Å². The molecule has 2 unspecified atom stereocenters. The molecule has 2 aromatic rings. The summed E-state index contributed by atoms with van der Waals surface area (Å²) in [5, 5.41) is 2.77. The zero-order valence-electron chi connectivity index (χ0n) is 18.1. The van der Waals surface area contributed by atoms with Crippen molar-refractivity contribution < 1.29 is 23.9 Å². The van der Waals surface area contributed by atoms with Gasteiger partial charge in [0.15, 0.2) is 6.61 Å². The van der Waals surface area contributed by atoms with Crippen LogP contribution in [0.1, 0.15) is 64.2 Å². The molecule has 0 fully saturated rings. The Morgan fingerprint density at radius 2 is 1.65 bits per heavy atom. The number of hydrogen-bond acceptors (Lipinski definition) is 5. The summed E-state index contributed by atoms with van der Waals surface area (Å²) in [4.78, 5) is 50.7. The van der Waals surface area contributed by atoms with Gasteiger partial charge in [-0.15, -0.1) is 0 Å². The molecule has 3 rings (SSSR count). The molecule has 7 nitrogen and oxygen atoms in total. The Morgan fingerprint density at radius 1 is 1.00 bits per heavy atom. The number of aryl methyl sites for hydroxylation is 2. The number of imide groups is 1. The van der Waals surface area contributed by atoms with E-state index in [0.717, 1.165) is 22.4 Å². The Kier molecular flexibility index (Phi) is 6.53. The minimum absolute atomic E-state index is 0.256. The Labute approximate surface area is 181 Å². The van der Waals surface area contributed by atoms with Crippen molar-refractivity contribution in [2.45, 2.75) is 46.2 Å². The predicted octanol–water partition coefficient (Wildman–Crippen LogP) is 2.96. The van der Waals surface area contributed by atoms with Gasteiger partial charge in [-0.2, -0.15) is 0 Å². The van der Waals surface area contributed by atoms with Gasteiger partial charge >= 0.3 is 5.97 Å². The third kappa shape index (κ3) is 4.66. The number of esters is 1. The number of rotatable bonds is 7. The number of nitrogens with one attached hydrogen (secondary N) is 1. The smallest absolute Gasteiger partial charge is 0.329 e. The second kappa shape index (κ2) is 9.12. The average molecular weight is 422 g/mol. The second-order valence-corrected chi connectivity index (χ2v) is 7.70. The summed E-state index contributed by atoms with van der Waals surface area (Å²) >= 11 is 0. The molecular formula is C24H26N2O5. The van der Waals surface area contributed by atoms with Crippen LogP contribution in [0.5, 0.6) is 0 Å². The molecule has 31 heavy (non-hydrogen) atoms. The number of fused-ring (bicyclic) bond motifs is 1. The first kappa shape index (κ1) is 22.2. The number of carbonyl (C=O) groups is 4. The summed E-state index contributed by atoms with van der Waals surface area (Å²) < 4.78 is 5.07. The van der Waals surface area contributed by atoms with E-state index in [1.807, 2.05) is 38.1 Å². The standard InChI is InChI=1S/C24H26N2O5/c1-5-17-7-9-18(10-8-17)15(3)25-21(27)13-31-24(30)16(4)26-22(28)19-11-6-14(2)12-20(19)23(26)29/h6-12,15-16H,5,13H2,1-4H3,(H,25,27). The summed E-state index contributed by atoms with van der Waals surface area (Å²) in [5.74, 6) is -2.37. The minimum atomic E-state index is -1.14. The molecule has 0 saturated heterocycles. The van der Waals surface area contributed by atoms with Gasteiger partial charge in [0.2, 0.25) is 0 Å². The largest absolute Gasteiger partial charge is 0.454 e. The van der Waals surface area contributed by atoms with E-state index in [1.165, 1.54) is 12.5 Å². The Morgan fingerprint density at radius 3 is 2.29 bits per heavy atom. The number of carbonyl (C=O) groups excluding carboxylic acids is 4. The van der Waals surface area contributed by atoms with Gasteiger partial charge in [0.05, 0.1) is 17.2 Å². The SMILES string of the molecule is CCc1ccc(C(C)NC(=O)COC(=O)C(C)N2C(=O)c3ccc(C)cc3C2=O)cc1. The lowest BCUT2D eigenvalue weighted by Crippen LogP contribution is -2.44. The maximum atomic E-state index is 12.6. The van der Waals surface area contributed by atoms with Crippen molar-refractivity contribution in [1.29, 1.82) is 0 Å². The average Bonchev–Trinajstić information content (AvgIpc) is 3.00. The summed E-state index contributed by atoms with van der Waals surface area (Å²) in [6.07, 6.45) is 0.932. The number of benzene rings is 2. The molecule has 1 aliphatic rings. The van der Waals surface area contributed by atoms with Crippen LogP contribution in [0.2, 0.25) is 0 Å². The quantitative estimate of drug-likeness (QED) is 0.547. The topological polar surface area (TPSA) is 92.8 Å². The zero-order chi connectivity index (χ0) is 22.7. The van der Waals surface area contributed by atoms with Crippen molar-refractivity contribution >= 4 is 23.7 Å². The van der Waals surface area contributed by atoms with Crippen LogP contribution in [0.15, 0.2) is 42.5 Å². The molecule has 2 atom stereocenters. The van der Waals surface area contributed by atoms with Crippen LogP contribution in [-0.2, 0) is 20.7 Å². The highest BCUT2D eigenvalue weighted by atomic mass is 16.5. The van der Waals surface area contributed by atoms with Gasteiger partial charge < -0.3 is 10.1 Å². The maximum absolute atomic E-state index is 12.6. The number of hydrogen-bond donors (Lipinski definition) is 1. The van der Waals surface area contributed by atoms with E-state index in [0.29, 0.717) is 0 Å². The first-order valence-corrected chi connectivity index (χ1v) is 10.3. The predicted molar refractivity (Wildman–Crippen MR) is 114 cm³/mol. The fourth-order valence-electron chi connectivity index (χ4n) is 3.50. The van der Waals surface area contributed by atoms with Crippen molar-refractivity contribution in [2.75, 3.05) is 6.61 Å². The molecule has 7 heteroatoms. The fourth-order valence-corrected chi connectivity index (χ4v) is 3.50. The molecular weight excluding hydrogens is 396 g/mol. The molecule has 0 radical (unpaired) electrons. The van der Waals surface area contributed by atoms with Gasteiger partial charge in [-0.3, -0.25) is 19.3 Å². The van der Waals surface area contributed by atoms with Crippen LogP contribution >= 0.6 is 0 Å². The molecule has 0 bridgehead atoms. The van der Waals surface area contributed by atoms with Crippen LogP contribution in [0.25, 0.3) is 0 Å². The lowest BCUT2D eigenvalue weighted by atomic mass is 10.1. The number of amides is 3. The van der Waals surface area contributed by atoms with Gasteiger partial charge in [-0.05, 0) is 50.5 Å². The van der Waals surface area contributed by atoms with Gasteiger partial charge in [0.25, 0.3) is 17.7 Å². The van der Waals surface area contributed by atoms with Crippen molar-refractivity contribution in [3.63, 3.8) is 0 Å². The van der Waals surface area contributed by atoms with Crippen LogP contribution < -0.4 is 5.32 Å². The van der Waals surface area contributed by atoms with Crippen LogP contribution in [-0.4, -0.2) is 41.2 Å². The normalized spacial score (nSPS) is 14.8. The highest BCUT2D eigenvalue weighted by Crippen LogP contribution is 2.26. The first-order chi connectivity index (χ1) is 14.7. The van der Waals surface area contributed by atoms with E-state index in [1.54, 1.807) is 18.2 Å². The third-order valence-electron chi connectivity index (χ3n) is 5.41. The van der Waals surface area contributed by atoms with E-state index in [2.05, 4.69) is 12.2 Å². The van der Waals surface area contributed by atoms with Gasteiger partial charge in [-0.1, -0.05) is 42.8 Å². The molecule has 2 aromatic carbocycles. The van der Waals surface area contributed by atoms with E-state index >= 15 is 0 Å². The van der Waals surface area contributed by atoms with Gasteiger partial charge in [-0.25, -0.2) is 4.79 Å². The van der Waals surface area contributed by atoms with Gasteiger partial charge in [0.1, 0.15) is 6.04 Å². The van der Waals surface area contributed by atoms with E-state index in [4.69, 9.17) is 4.74 Å². The van der Waals surface area contributed by atoms with Crippen LogP contribution in [0, 0.1) is 6.92 Å². The summed E-state index contributed by atoms with van der Waals surface area (Å²) in [5.41, 5.74) is 3.51. The lowest BCUT2D eigenvalue weighted by molar-refractivity contribution is -0.152. The number of nitrogens with zero attached hydrogens (tertiary/aromatic N) is 1. The zero-order valence-corrected chi connectivity index (χ0v) is 18.1. The molecule has 1 aliphatic heterocycles. The van der Waals surface area contributed by atoms with Gasteiger partial charge in [0, 0.05) is 0 Å². The Bertz CT molecular complexity index is 1030.